The van der Waals surface area contributed by atoms with E-state index in [1.54, 1.807) is 0 Å². The van der Waals surface area contributed by atoms with Gasteiger partial charge in [0, 0.05) is 6.42 Å². The summed E-state index contributed by atoms with van der Waals surface area (Å²) in [5, 5.41) is 0. The van der Waals surface area contributed by atoms with Gasteiger partial charge in [0.2, 0.25) is 0 Å². The predicted molar refractivity (Wildman–Crippen MR) is 85.3 cm³/mol. The molecule has 3 atom stereocenters. The number of hydrogen-bond acceptors (Lipinski definition) is 1. The number of carbonyl (C=O) groups is 1. The zero-order valence-electron chi connectivity index (χ0n) is 14.2. The van der Waals surface area contributed by atoms with E-state index >= 15 is 0 Å². The summed E-state index contributed by atoms with van der Waals surface area (Å²) >= 11 is 0. The molecule has 0 bridgehead atoms. The van der Waals surface area contributed by atoms with Crippen LogP contribution in [0.2, 0.25) is 0 Å². The molecule has 0 N–H and O–H groups in total. The van der Waals surface area contributed by atoms with E-state index in [4.69, 9.17) is 0 Å². The maximum atomic E-state index is 11.4. The molecule has 19 heavy (non-hydrogen) atoms. The Balaban J connectivity index is 0.000000573. The summed E-state index contributed by atoms with van der Waals surface area (Å²) < 4.78 is 0. The SMILES string of the molecule is CC.CC1CCC2=CC(=O)CCC2(C)C1C.CCC. The number of carbonyl (C=O) groups excluding carboxylic acids is 1. The molecule has 0 saturated heterocycles. The molecule has 2 rings (SSSR count). The molecule has 2 aliphatic carbocycles. The number of rotatable bonds is 0. The van der Waals surface area contributed by atoms with E-state index in [1.807, 2.05) is 19.9 Å². The van der Waals surface area contributed by atoms with Crippen LogP contribution in [0.3, 0.4) is 0 Å². The average Bonchev–Trinajstić information content (AvgIpc) is 2.40. The number of ketones is 1. The van der Waals surface area contributed by atoms with Crippen molar-refractivity contribution in [1.29, 1.82) is 0 Å². The molecular formula is C18H34O. The molecule has 0 aliphatic heterocycles. The predicted octanol–water partition coefficient (Wildman–Crippen LogP) is 5.79. The fourth-order valence-corrected chi connectivity index (χ4v) is 3.11. The van der Waals surface area contributed by atoms with Gasteiger partial charge in [0.1, 0.15) is 0 Å². The van der Waals surface area contributed by atoms with Gasteiger partial charge in [0.05, 0.1) is 0 Å². The normalized spacial score (nSPS) is 33.0. The van der Waals surface area contributed by atoms with Gasteiger partial charge in [-0.3, -0.25) is 4.79 Å². The molecule has 112 valence electrons. The van der Waals surface area contributed by atoms with Crippen LogP contribution in [0.5, 0.6) is 0 Å². The Bertz CT molecular complexity index is 303. The van der Waals surface area contributed by atoms with Crippen molar-refractivity contribution < 1.29 is 4.79 Å². The van der Waals surface area contributed by atoms with Gasteiger partial charge in [-0.15, -0.1) is 0 Å². The van der Waals surface area contributed by atoms with Crippen LogP contribution in [0.25, 0.3) is 0 Å². The summed E-state index contributed by atoms with van der Waals surface area (Å²) in [5.41, 5.74) is 1.75. The average molecular weight is 266 g/mol. The van der Waals surface area contributed by atoms with Crippen LogP contribution < -0.4 is 0 Å². The molecule has 0 heterocycles. The van der Waals surface area contributed by atoms with Crippen LogP contribution in [0.4, 0.5) is 0 Å². The Morgan fingerprint density at radius 1 is 1.21 bits per heavy atom. The standard InChI is InChI=1S/C13H20O.C3H8.C2H6/c1-9-4-5-11-8-12(14)6-7-13(11,3)10(9)2;1-3-2;1-2/h8-10H,4-7H2,1-3H3;3H2,1-2H3;1-2H3. The molecule has 0 aromatic carbocycles. The topological polar surface area (TPSA) is 17.1 Å². The van der Waals surface area contributed by atoms with Crippen molar-refractivity contribution in [2.75, 3.05) is 0 Å². The molecule has 0 aromatic rings. The lowest BCUT2D eigenvalue weighted by molar-refractivity contribution is -0.116. The van der Waals surface area contributed by atoms with Crippen LogP contribution in [-0.2, 0) is 4.79 Å². The highest BCUT2D eigenvalue weighted by Gasteiger charge is 2.42. The van der Waals surface area contributed by atoms with E-state index in [9.17, 15) is 4.79 Å². The van der Waals surface area contributed by atoms with Crippen molar-refractivity contribution in [3.63, 3.8) is 0 Å². The van der Waals surface area contributed by atoms with E-state index in [2.05, 4.69) is 34.6 Å². The highest BCUT2D eigenvalue weighted by atomic mass is 16.1. The minimum absolute atomic E-state index is 0.325. The molecule has 0 radical (unpaired) electrons. The zero-order chi connectivity index (χ0) is 15.1. The summed E-state index contributed by atoms with van der Waals surface area (Å²) in [5.74, 6) is 1.89. The van der Waals surface area contributed by atoms with Gasteiger partial charge in [0.25, 0.3) is 0 Å². The van der Waals surface area contributed by atoms with Crippen molar-refractivity contribution in [2.45, 2.75) is 80.6 Å². The first-order valence-electron chi connectivity index (χ1n) is 8.19. The molecule has 0 aromatic heterocycles. The Labute approximate surface area is 120 Å². The van der Waals surface area contributed by atoms with Gasteiger partial charge in [-0.2, -0.15) is 0 Å². The van der Waals surface area contributed by atoms with Crippen LogP contribution in [0.1, 0.15) is 80.6 Å². The zero-order valence-corrected chi connectivity index (χ0v) is 14.2. The van der Waals surface area contributed by atoms with Crippen molar-refractivity contribution in [1.82, 2.24) is 0 Å². The highest BCUT2D eigenvalue weighted by Crippen LogP contribution is 2.51. The summed E-state index contributed by atoms with van der Waals surface area (Å²) in [6, 6.07) is 0. The second-order valence-electron chi connectivity index (χ2n) is 6.07. The minimum atomic E-state index is 0.325. The van der Waals surface area contributed by atoms with E-state index in [0.717, 1.165) is 31.1 Å². The van der Waals surface area contributed by atoms with Crippen LogP contribution in [0.15, 0.2) is 11.6 Å². The summed E-state index contributed by atoms with van der Waals surface area (Å²) in [7, 11) is 0. The van der Waals surface area contributed by atoms with Gasteiger partial charge in [-0.1, -0.05) is 60.5 Å². The fraction of sp³-hybridized carbons (Fsp3) is 0.833. The Kier molecular flexibility index (Phi) is 8.29. The Morgan fingerprint density at radius 3 is 2.26 bits per heavy atom. The molecule has 0 spiro atoms. The molecule has 0 amide bonds. The Morgan fingerprint density at radius 2 is 1.74 bits per heavy atom. The van der Waals surface area contributed by atoms with Gasteiger partial charge in [-0.05, 0) is 42.6 Å². The van der Waals surface area contributed by atoms with E-state index in [-0.39, 0.29) is 0 Å². The lowest BCUT2D eigenvalue weighted by Crippen LogP contribution is -2.38. The molecule has 3 unspecified atom stereocenters. The molecule has 1 saturated carbocycles. The lowest BCUT2D eigenvalue weighted by atomic mass is 9.57. The second kappa shape index (κ2) is 8.55. The largest absolute Gasteiger partial charge is 0.295 e. The first-order valence-corrected chi connectivity index (χ1v) is 8.19. The Hall–Kier alpha value is -0.590. The number of fused-ring (bicyclic) bond motifs is 1. The highest BCUT2D eigenvalue weighted by molar-refractivity contribution is 5.91. The van der Waals surface area contributed by atoms with Crippen LogP contribution >= 0.6 is 0 Å². The molecule has 1 nitrogen and oxygen atoms in total. The van der Waals surface area contributed by atoms with Gasteiger partial charge < -0.3 is 0 Å². The molecule has 1 fully saturated rings. The summed E-state index contributed by atoms with van der Waals surface area (Å²) in [6.07, 6.45) is 7.43. The van der Waals surface area contributed by atoms with Crippen molar-refractivity contribution in [2.24, 2.45) is 17.3 Å². The summed E-state index contributed by atoms with van der Waals surface area (Å²) in [4.78, 5) is 11.4. The van der Waals surface area contributed by atoms with E-state index < -0.39 is 0 Å². The monoisotopic (exact) mass is 266 g/mol. The van der Waals surface area contributed by atoms with Crippen molar-refractivity contribution in [3.8, 4) is 0 Å². The maximum Gasteiger partial charge on any atom is 0.155 e. The third-order valence-electron chi connectivity index (χ3n) is 4.69. The van der Waals surface area contributed by atoms with E-state index in [1.165, 1.54) is 18.4 Å². The quantitative estimate of drug-likeness (QED) is 0.542. The third-order valence-corrected chi connectivity index (χ3v) is 4.69. The van der Waals surface area contributed by atoms with Crippen molar-refractivity contribution >= 4 is 5.78 Å². The van der Waals surface area contributed by atoms with Gasteiger partial charge in [-0.25, -0.2) is 0 Å². The molecular weight excluding hydrogens is 232 g/mol. The number of hydrogen-bond donors (Lipinski definition) is 0. The van der Waals surface area contributed by atoms with Gasteiger partial charge in [0.15, 0.2) is 5.78 Å². The molecule has 1 heteroatoms. The van der Waals surface area contributed by atoms with Crippen LogP contribution in [-0.4, -0.2) is 5.78 Å². The molecule has 2 aliphatic rings. The van der Waals surface area contributed by atoms with Crippen molar-refractivity contribution in [3.05, 3.63) is 11.6 Å². The third kappa shape index (κ3) is 4.47. The first kappa shape index (κ1) is 18.4. The maximum absolute atomic E-state index is 11.4. The minimum Gasteiger partial charge on any atom is -0.295 e. The van der Waals surface area contributed by atoms with Crippen LogP contribution in [0, 0.1) is 17.3 Å². The lowest BCUT2D eigenvalue weighted by Gasteiger charge is -2.47. The fourth-order valence-electron chi connectivity index (χ4n) is 3.11. The second-order valence-corrected chi connectivity index (χ2v) is 6.07. The number of allylic oxidation sites excluding steroid dienone is 2. The van der Waals surface area contributed by atoms with Gasteiger partial charge >= 0.3 is 0 Å². The van der Waals surface area contributed by atoms with E-state index in [0.29, 0.717) is 11.2 Å². The smallest absolute Gasteiger partial charge is 0.155 e. The first-order chi connectivity index (χ1) is 8.95. The summed E-state index contributed by atoms with van der Waals surface area (Å²) in [6.45, 7) is 15.3.